The van der Waals surface area contributed by atoms with E-state index in [1.165, 1.54) is 0 Å². The van der Waals surface area contributed by atoms with E-state index in [4.69, 9.17) is 5.73 Å². The molecule has 2 N–H and O–H groups in total. The molecular weight excluding hydrogens is 286 g/mol. The highest BCUT2D eigenvalue weighted by Gasteiger charge is 2.23. The molecule has 0 bridgehead atoms. The number of likely N-dealkylation sites (N-methyl/N-ethyl adjacent to an activating group) is 1. The van der Waals surface area contributed by atoms with Crippen LogP contribution < -0.4 is 5.73 Å². The Hall–Kier alpha value is -1.10. The number of hydrogen-bond donors (Lipinski definition) is 1. The highest BCUT2D eigenvalue weighted by atomic mass is 35.5. The van der Waals surface area contributed by atoms with Crippen LogP contribution >= 0.6 is 12.4 Å². The number of nitrogens with two attached hydrogens (primary N) is 1. The molecule has 0 spiro atoms. The van der Waals surface area contributed by atoms with Crippen molar-refractivity contribution < 1.29 is 4.79 Å². The van der Waals surface area contributed by atoms with Gasteiger partial charge >= 0.3 is 0 Å². The zero-order valence-corrected chi connectivity index (χ0v) is 14.3. The lowest BCUT2D eigenvalue weighted by Crippen LogP contribution is -2.43. The first-order valence-corrected chi connectivity index (χ1v) is 7.15. The summed E-state index contributed by atoms with van der Waals surface area (Å²) < 4.78 is 0. The van der Waals surface area contributed by atoms with Gasteiger partial charge in [0.1, 0.15) is 0 Å². The quantitative estimate of drug-likeness (QED) is 0.837. The second-order valence-electron chi connectivity index (χ2n) is 5.70. The second-order valence-corrected chi connectivity index (χ2v) is 5.70. The Bertz CT molecular complexity index is 409. The van der Waals surface area contributed by atoms with Crippen LogP contribution in [-0.2, 0) is 11.3 Å². The van der Waals surface area contributed by atoms with Gasteiger partial charge in [-0.05, 0) is 26.6 Å². The number of benzene rings is 1. The summed E-state index contributed by atoms with van der Waals surface area (Å²) >= 11 is 0. The number of nitrogens with zero attached hydrogens (tertiary/aromatic N) is 2. The third kappa shape index (κ3) is 6.93. The number of carbonyl (C=O) groups is 1. The topological polar surface area (TPSA) is 49.6 Å². The minimum atomic E-state index is -0.152. The number of halogens is 1. The molecule has 0 radical (unpaired) electrons. The Kier molecular flexibility index (Phi) is 9.26. The van der Waals surface area contributed by atoms with E-state index in [1.807, 2.05) is 63.2 Å². The summed E-state index contributed by atoms with van der Waals surface area (Å²) in [4.78, 5) is 16.5. The van der Waals surface area contributed by atoms with Crippen LogP contribution in [0.5, 0.6) is 0 Å². The normalized spacial score (nSPS) is 13.4. The molecule has 21 heavy (non-hydrogen) atoms. The molecule has 1 aromatic carbocycles. The molecule has 0 fully saturated rings. The van der Waals surface area contributed by atoms with Crippen LogP contribution in [0.4, 0.5) is 0 Å². The van der Waals surface area contributed by atoms with Crippen molar-refractivity contribution in [2.24, 2.45) is 11.7 Å². The predicted molar refractivity (Wildman–Crippen MR) is 90.5 cm³/mol. The fourth-order valence-electron chi connectivity index (χ4n) is 1.90. The molecule has 1 amide bonds. The number of hydrogen-bond acceptors (Lipinski definition) is 3. The summed E-state index contributed by atoms with van der Waals surface area (Å²) in [5, 5.41) is 0. The molecule has 1 rings (SSSR count). The van der Waals surface area contributed by atoms with Crippen LogP contribution in [0, 0.1) is 5.92 Å². The third-order valence-corrected chi connectivity index (χ3v) is 3.52. The molecule has 0 saturated carbocycles. The smallest absolute Gasteiger partial charge is 0.227 e. The number of rotatable bonds is 7. The molecule has 0 saturated heterocycles. The van der Waals surface area contributed by atoms with E-state index in [-0.39, 0.29) is 30.3 Å². The van der Waals surface area contributed by atoms with Gasteiger partial charge in [0.05, 0.1) is 5.92 Å². The Morgan fingerprint density at radius 2 is 1.71 bits per heavy atom. The van der Waals surface area contributed by atoms with E-state index in [0.29, 0.717) is 6.54 Å². The van der Waals surface area contributed by atoms with Gasteiger partial charge in [-0.2, -0.15) is 0 Å². The van der Waals surface area contributed by atoms with E-state index < -0.39 is 0 Å². The molecule has 0 aliphatic rings. The van der Waals surface area contributed by atoms with Crippen molar-refractivity contribution in [3.63, 3.8) is 0 Å². The van der Waals surface area contributed by atoms with Crippen molar-refractivity contribution in [3.8, 4) is 0 Å². The van der Waals surface area contributed by atoms with Crippen molar-refractivity contribution in [1.82, 2.24) is 9.80 Å². The fourth-order valence-corrected chi connectivity index (χ4v) is 1.90. The monoisotopic (exact) mass is 313 g/mol. The predicted octanol–water partition coefficient (Wildman–Crippen LogP) is 1.98. The Morgan fingerprint density at radius 1 is 1.14 bits per heavy atom. The van der Waals surface area contributed by atoms with Crippen molar-refractivity contribution in [3.05, 3.63) is 35.9 Å². The maximum atomic E-state index is 12.5. The van der Waals surface area contributed by atoms with Crippen LogP contribution in [0.15, 0.2) is 30.3 Å². The number of carbonyl (C=O) groups excluding carboxylic acids is 1. The van der Waals surface area contributed by atoms with Crippen LogP contribution in [0.2, 0.25) is 0 Å². The first-order chi connectivity index (χ1) is 9.41. The van der Waals surface area contributed by atoms with Gasteiger partial charge in [0, 0.05) is 25.7 Å². The second kappa shape index (κ2) is 9.77. The maximum Gasteiger partial charge on any atom is 0.227 e. The minimum absolute atomic E-state index is 0. The maximum absolute atomic E-state index is 12.5. The van der Waals surface area contributed by atoms with Crippen LogP contribution in [-0.4, -0.2) is 48.9 Å². The molecule has 4 nitrogen and oxygen atoms in total. The molecule has 0 aromatic heterocycles. The van der Waals surface area contributed by atoms with Crippen LogP contribution in [0.25, 0.3) is 0 Å². The lowest BCUT2D eigenvalue weighted by Gasteiger charge is -2.28. The van der Waals surface area contributed by atoms with E-state index in [1.54, 1.807) is 0 Å². The highest BCUT2D eigenvalue weighted by Crippen LogP contribution is 2.11. The summed E-state index contributed by atoms with van der Waals surface area (Å²) in [7, 11) is 4.03. The van der Waals surface area contributed by atoms with E-state index in [2.05, 4.69) is 4.90 Å². The van der Waals surface area contributed by atoms with Gasteiger partial charge in [0.2, 0.25) is 5.91 Å². The summed E-state index contributed by atoms with van der Waals surface area (Å²) in [6, 6.07) is 9.96. The van der Waals surface area contributed by atoms with Crippen LogP contribution in [0.1, 0.15) is 19.4 Å². The van der Waals surface area contributed by atoms with Crippen molar-refractivity contribution in [2.45, 2.75) is 26.4 Å². The Balaban J connectivity index is 0.00000400. The minimum Gasteiger partial charge on any atom is -0.337 e. The Morgan fingerprint density at radius 3 is 2.19 bits per heavy atom. The van der Waals surface area contributed by atoms with Gasteiger partial charge in [0.15, 0.2) is 0 Å². The molecule has 0 aliphatic heterocycles. The molecule has 2 unspecified atom stereocenters. The third-order valence-electron chi connectivity index (χ3n) is 3.52. The standard InChI is InChI=1S/C16H27N3O.ClH/c1-13(14(2)17)16(20)19(11-10-18(3)4)12-15-8-6-5-7-9-15;/h5-9,13-14H,10-12,17H2,1-4H3;1H. The van der Waals surface area contributed by atoms with Gasteiger partial charge in [0.25, 0.3) is 0 Å². The largest absolute Gasteiger partial charge is 0.337 e. The summed E-state index contributed by atoms with van der Waals surface area (Å²) in [5.41, 5.74) is 7.02. The Labute approximate surface area is 134 Å². The van der Waals surface area contributed by atoms with E-state index >= 15 is 0 Å². The molecule has 120 valence electrons. The summed E-state index contributed by atoms with van der Waals surface area (Å²) in [6.07, 6.45) is 0. The van der Waals surface area contributed by atoms with Crippen LogP contribution in [0.3, 0.4) is 0 Å². The highest BCUT2D eigenvalue weighted by molar-refractivity contribution is 5.85. The molecule has 5 heteroatoms. The molecular formula is C16H28ClN3O. The lowest BCUT2D eigenvalue weighted by molar-refractivity contribution is -0.136. The van der Waals surface area contributed by atoms with Crippen molar-refractivity contribution in [1.29, 1.82) is 0 Å². The first kappa shape index (κ1) is 19.9. The number of amides is 1. The zero-order valence-electron chi connectivity index (χ0n) is 13.5. The van der Waals surface area contributed by atoms with E-state index in [0.717, 1.165) is 18.7 Å². The molecule has 1 aromatic rings. The lowest BCUT2D eigenvalue weighted by atomic mass is 10.0. The zero-order chi connectivity index (χ0) is 15.1. The SMILES string of the molecule is CC(N)C(C)C(=O)N(CCN(C)C)Cc1ccccc1.Cl. The van der Waals surface area contributed by atoms with E-state index in [9.17, 15) is 4.79 Å². The fraction of sp³-hybridized carbons (Fsp3) is 0.562. The molecule has 0 aliphatic carbocycles. The average Bonchev–Trinajstić information content (AvgIpc) is 2.42. The molecule has 2 atom stereocenters. The van der Waals surface area contributed by atoms with Gasteiger partial charge in [-0.1, -0.05) is 37.3 Å². The van der Waals surface area contributed by atoms with Crippen molar-refractivity contribution >= 4 is 18.3 Å². The summed E-state index contributed by atoms with van der Waals surface area (Å²) in [5.74, 6) is -0.0217. The first-order valence-electron chi connectivity index (χ1n) is 7.15. The van der Waals surface area contributed by atoms with Gasteiger partial charge < -0.3 is 15.5 Å². The van der Waals surface area contributed by atoms with Gasteiger partial charge in [-0.25, -0.2) is 0 Å². The molecule has 0 heterocycles. The van der Waals surface area contributed by atoms with Crippen molar-refractivity contribution in [2.75, 3.05) is 27.2 Å². The van der Waals surface area contributed by atoms with Gasteiger partial charge in [-0.15, -0.1) is 12.4 Å². The van der Waals surface area contributed by atoms with Gasteiger partial charge in [-0.3, -0.25) is 4.79 Å². The average molecular weight is 314 g/mol. The summed E-state index contributed by atoms with van der Waals surface area (Å²) in [6.45, 7) is 6.00.